The Morgan fingerprint density at radius 1 is 1.47 bits per heavy atom. The number of hydrogen-bond donors (Lipinski definition) is 2. The van der Waals surface area contributed by atoms with Crippen molar-refractivity contribution in [1.29, 1.82) is 0 Å². The maximum absolute atomic E-state index is 11.2. The highest BCUT2D eigenvalue weighted by atomic mass is 32.1. The molecule has 2 amide bonds. The molecule has 0 aliphatic carbocycles. The number of hydrogen-bond acceptors (Lipinski definition) is 3. The van der Waals surface area contributed by atoms with Crippen LogP contribution < -0.4 is 10.6 Å². The molecule has 1 aromatic rings. The van der Waals surface area contributed by atoms with Gasteiger partial charge in [0.1, 0.15) is 5.01 Å². The van der Waals surface area contributed by atoms with Crippen LogP contribution in [0.4, 0.5) is 4.79 Å². The van der Waals surface area contributed by atoms with Gasteiger partial charge in [0.25, 0.3) is 0 Å². The predicted molar refractivity (Wildman–Crippen MR) is 62.0 cm³/mol. The monoisotopic (exact) mass is 227 g/mol. The minimum Gasteiger partial charge on any atom is -0.338 e. The van der Waals surface area contributed by atoms with Gasteiger partial charge in [-0.2, -0.15) is 0 Å². The summed E-state index contributed by atoms with van der Waals surface area (Å²) in [5.74, 6) is 0. The van der Waals surface area contributed by atoms with Crippen molar-refractivity contribution in [3.05, 3.63) is 16.1 Å². The lowest BCUT2D eigenvalue weighted by Crippen LogP contribution is -2.35. The molecule has 15 heavy (non-hydrogen) atoms. The maximum Gasteiger partial charge on any atom is 0.315 e. The molecule has 0 aliphatic heterocycles. The van der Waals surface area contributed by atoms with Crippen LogP contribution in [-0.4, -0.2) is 17.6 Å². The van der Waals surface area contributed by atoms with Gasteiger partial charge in [0, 0.05) is 17.6 Å². The van der Waals surface area contributed by atoms with Crippen LogP contribution in [0.15, 0.2) is 6.20 Å². The highest BCUT2D eigenvalue weighted by Crippen LogP contribution is 2.12. The van der Waals surface area contributed by atoms with Crippen LogP contribution in [0.25, 0.3) is 0 Å². The van der Waals surface area contributed by atoms with Crippen LogP contribution >= 0.6 is 11.3 Å². The second kappa shape index (κ2) is 6.40. The molecule has 1 aromatic heterocycles. The van der Waals surface area contributed by atoms with Gasteiger partial charge in [0.2, 0.25) is 0 Å². The van der Waals surface area contributed by atoms with Crippen molar-refractivity contribution in [2.75, 3.05) is 6.54 Å². The molecule has 0 aliphatic rings. The molecule has 0 aromatic carbocycles. The Labute approximate surface area is 94.1 Å². The number of carbonyl (C=O) groups excluding carboxylic acids is 1. The van der Waals surface area contributed by atoms with Gasteiger partial charge < -0.3 is 10.6 Å². The number of aromatic nitrogens is 1. The van der Waals surface area contributed by atoms with Crippen LogP contribution in [0.2, 0.25) is 0 Å². The van der Waals surface area contributed by atoms with Gasteiger partial charge in [0.15, 0.2) is 0 Å². The zero-order chi connectivity index (χ0) is 11.1. The van der Waals surface area contributed by atoms with E-state index in [0.29, 0.717) is 13.1 Å². The highest BCUT2D eigenvalue weighted by Gasteiger charge is 2.02. The lowest BCUT2D eigenvalue weighted by molar-refractivity contribution is 0.240. The summed E-state index contributed by atoms with van der Waals surface area (Å²) in [7, 11) is 0. The molecular formula is C10H17N3OS. The third-order valence-corrected chi connectivity index (χ3v) is 3.03. The fourth-order valence-electron chi connectivity index (χ4n) is 1.05. The molecular weight excluding hydrogens is 210 g/mol. The molecule has 84 valence electrons. The fraction of sp³-hybridized carbons (Fsp3) is 0.600. The number of carbonyl (C=O) groups is 1. The van der Waals surface area contributed by atoms with Gasteiger partial charge in [-0.15, -0.1) is 11.3 Å². The fourth-order valence-corrected chi connectivity index (χ4v) is 1.85. The van der Waals surface area contributed by atoms with E-state index < -0.39 is 0 Å². The lowest BCUT2D eigenvalue weighted by atomic mass is 10.4. The topological polar surface area (TPSA) is 54.0 Å². The number of thiazole rings is 1. The average molecular weight is 227 g/mol. The molecule has 0 atom stereocenters. The van der Waals surface area contributed by atoms with Crippen LogP contribution in [0.5, 0.6) is 0 Å². The minimum atomic E-state index is -0.120. The Hall–Kier alpha value is -1.10. The first kappa shape index (κ1) is 12.0. The summed E-state index contributed by atoms with van der Waals surface area (Å²) < 4.78 is 0. The van der Waals surface area contributed by atoms with Crippen LogP contribution in [0, 0.1) is 0 Å². The third kappa shape index (κ3) is 4.29. The highest BCUT2D eigenvalue weighted by molar-refractivity contribution is 7.11. The van der Waals surface area contributed by atoms with Crippen molar-refractivity contribution >= 4 is 17.4 Å². The zero-order valence-corrected chi connectivity index (χ0v) is 9.99. The summed E-state index contributed by atoms with van der Waals surface area (Å²) in [6.45, 7) is 5.34. The van der Waals surface area contributed by atoms with Gasteiger partial charge in [-0.25, -0.2) is 9.78 Å². The van der Waals surface area contributed by atoms with E-state index in [4.69, 9.17) is 0 Å². The lowest BCUT2D eigenvalue weighted by Gasteiger charge is -2.03. The number of nitrogens with one attached hydrogen (secondary N) is 2. The molecule has 4 nitrogen and oxygen atoms in total. The van der Waals surface area contributed by atoms with E-state index in [2.05, 4.69) is 22.5 Å². The summed E-state index contributed by atoms with van der Waals surface area (Å²) in [6.07, 6.45) is 3.82. The van der Waals surface area contributed by atoms with Crippen molar-refractivity contribution in [1.82, 2.24) is 15.6 Å². The number of rotatable bonds is 5. The van der Waals surface area contributed by atoms with E-state index in [1.165, 1.54) is 4.88 Å². The van der Waals surface area contributed by atoms with E-state index in [1.54, 1.807) is 11.3 Å². The van der Waals surface area contributed by atoms with E-state index in [-0.39, 0.29) is 6.03 Å². The molecule has 2 N–H and O–H groups in total. The number of amides is 2. The maximum atomic E-state index is 11.2. The van der Waals surface area contributed by atoms with E-state index in [0.717, 1.165) is 17.8 Å². The molecule has 0 saturated heterocycles. The standard InChI is InChI=1S/C10H17N3OS/c1-3-5-11-10(14)13-7-9-12-6-8(4-2)15-9/h6H,3-5,7H2,1-2H3,(H2,11,13,14). The Kier molecular flexibility index (Phi) is 5.10. The molecule has 5 heteroatoms. The smallest absolute Gasteiger partial charge is 0.315 e. The third-order valence-electron chi connectivity index (χ3n) is 1.89. The number of nitrogens with zero attached hydrogens (tertiary/aromatic N) is 1. The van der Waals surface area contributed by atoms with Gasteiger partial charge in [-0.05, 0) is 12.8 Å². The summed E-state index contributed by atoms with van der Waals surface area (Å²) in [5, 5.41) is 6.48. The Balaban J connectivity index is 2.27. The number of aryl methyl sites for hydroxylation is 1. The SMILES string of the molecule is CCCNC(=O)NCc1ncc(CC)s1. The second-order valence-electron chi connectivity index (χ2n) is 3.18. The van der Waals surface area contributed by atoms with Crippen LogP contribution in [0.1, 0.15) is 30.2 Å². The molecule has 0 spiro atoms. The Morgan fingerprint density at radius 3 is 2.87 bits per heavy atom. The first-order valence-corrected chi connectivity index (χ1v) is 6.03. The second-order valence-corrected chi connectivity index (χ2v) is 4.38. The molecule has 0 radical (unpaired) electrons. The molecule has 0 fully saturated rings. The Morgan fingerprint density at radius 2 is 2.27 bits per heavy atom. The van der Waals surface area contributed by atoms with Crippen molar-refractivity contribution in [3.8, 4) is 0 Å². The first-order chi connectivity index (χ1) is 7.26. The molecule has 1 heterocycles. The minimum absolute atomic E-state index is 0.120. The van der Waals surface area contributed by atoms with Gasteiger partial charge in [0.05, 0.1) is 6.54 Å². The summed E-state index contributed by atoms with van der Waals surface area (Å²) >= 11 is 1.65. The molecule has 0 saturated carbocycles. The van der Waals surface area contributed by atoms with Gasteiger partial charge in [-0.1, -0.05) is 13.8 Å². The average Bonchev–Trinajstić information content (AvgIpc) is 2.71. The van der Waals surface area contributed by atoms with Gasteiger partial charge in [-0.3, -0.25) is 0 Å². The summed E-state index contributed by atoms with van der Waals surface area (Å²) in [5.41, 5.74) is 0. The quantitative estimate of drug-likeness (QED) is 0.807. The van der Waals surface area contributed by atoms with Crippen molar-refractivity contribution in [2.24, 2.45) is 0 Å². The van der Waals surface area contributed by atoms with Crippen molar-refractivity contribution < 1.29 is 4.79 Å². The molecule has 1 rings (SSSR count). The van der Waals surface area contributed by atoms with Gasteiger partial charge >= 0.3 is 6.03 Å². The van der Waals surface area contributed by atoms with E-state index in [9.17, 15) is 4.79 Å². The zero-order valence-electron chi connectivity index (χ0n) is 9.17. The first-order valence-electron chi connectivity index (χ1n) is 5.21. The summed E-state index contributed by atoms with van der Waals surface area (Å²) in [4.78, 5) is 16.7. The van der Waals surface area contributed by atoms with Crippen molar-refractivity contribution in [3.63, 3.8) is 0 Å². The predicted octanol–water partition coefficient (Wildman–Crippen LogP) is 1.91. The summed E-state index contributed by atoms with van der Waals surface area (Å²) in [6, 6.07) is -0.120. The van der Waals surface area contributed by atoms with Crippen LogP contribution in [-0.2, 0) is 13.0 Å². The molecule has 0 unspecified atom stereocenters. The number of urea groups is 1. The van der Waals surface area contributed by atoms with Crippen LogP contribution in [0.3, 0.4) is 0 Å². The molecule has 0 bridgehead atoms. The van der Waals surface area contributed by atoms with E-state index >= 15 is 0 Å². The Bertz CT molecular complexity index is 311. The normalized spacial score (nSPS) is 10.0. The largest absolute Gasteiger partial charge is 0.338 e. The van der Waals surface area contributed by atoms with Crippen molar-refractivity contribution in [2.45, 2.75) is 33.2 Å². The van der Waals surface area contributed by atoms with E-state index in [1.807, 2.05) is 13.1 Å².